The highest BCUT2D eigenvalue weighted by molar-refractivity contribution is 7.13. The van der Waals surface area contributed by atoms with Gasteiger partial charge in [0, 0.05) is 11.4 Å². The van der Waals surface area contributed by atoms with Crippen molar-refractivity contribution in [1.82, 2.24) is 20.2 Å². The van der Waals surface area contributed by atoms with Gasteiger partial charge in [-0.1, -0.05) is 0 Å². The van der Waals surface area contributed by atoms with Crippen LogP contribution in [0.3, 0.4) is 0 Å². The van der Waals surface area contributed by atoms with E-state index in [-0.39, 0.29) is 0 Å². The molecule has 0 spiro atoms. The van der Waals surface area contributed by atoms with Crippen molar-refractivity contribution >= 4 is 17.3 Å². The summed E-state index contributed by atoms with van der Waals surface area (Å²) >= 11 is 1.47. The van der Waals surface area contributed by atoms with E-state index in [0.29, 0.717) is 25.2 Å². The van der Waals surface area contributed by atoms with Gasteiger partial charge in [0.25, 0.3) is 0 Å². The van der Waals surface area contributed by atoms with Crippen molar-refractivity contribution in [2.45, 2.75) is 19.4 Å². The van der Waals surface area contributed by atoms with Gasteiger partial charge in [-0.05, 0) is 23.3 Å². The number of methoxy groups -OCH3 is 1. The third kappa shape index (κ3) is 2.07. The van der Waals surface area contributed by atoms with E-state index in [1.807, 2.05) is 11.4 Å². The summed E-state index contributed by atoms with van der Waals surface area (Å²) in [7, 11) is 1.60. The fourth-order valence-electron chi connectivity index (χ4n) is 1.91. The number of carbonyl (C=O) groups is 1. The lowest BCUT2D eigenvalue weighted by atomic mass is 10.1. The predicted molar refractivity (Wildman–Crippen MR) is 67.0 cm³/mol. The lowest BCUT2D eigenvalue weighted by Crippen LogP contribution is -2.22. The van der Waals surface area contributed by atoms with Gasteiger partial charge in [-0.2, -0.15) is 0 Å². The third-order valence-corrected chi connectivity index (χ3v) is 4.23. The maximum absolute atomic E-state index is 11.2. The Balaban J connectivity index is 1.88. The van der Waals surface area contributed by atoms with Crippen LogP contribution < -0.4 is 4.74 Å². The largest absolute Gasteiger partial charge is 0.496 e. The van der Waals surface area contributed by atoms with E-state index >= 15 is 0 Å². The lowest BCUT2D eigenvalue weighted by Gasteiger charge is -2.09. The number of thiophene rings is 1. The van der Waals surface area contributed by atoms with Crippen LogP contribution >= 0.6 is 11.3 Å². The fraction of sp³-hybridized carbons (Fsp3) is 0.455. The highest BCUT2D eigenvalue weighted by Crippen LogP contribution is 2.47. The summed E-state index contributed by atoms with van der Waals surface area (Å²) in [5.74, 6) is 0.549. The number of tetrazole rings is 1. The minimum absolute atomic E-state index is 0.310. The van der Waals surface area contributed by atoms with E-state index in [0.717, 1.165) is 10.6 Å². The molecule has 0 radical (unpaired) electrons. The minimum Gasteiger partial charge on any atom is -0.496 e. The maximum atomic E-state index is 11.2. The lowest BCUT2D eigenvalue weighted by molar-refractivity contribution is -0.144. The van der Waals surface area contributed by atoms with E-state index in [9.17, 15) is 9.90 Å². The Morgan fingerprint density at radius 3 is 3.00 bits per heavy atom. The fourth-order valence-corrected chi connectivity index (χ4v) is 2.75. The zero-order valence-corrected chi connectivity index (χ0v) is 11.1. The van der Waals surface area contributed by atoms with E-state index in [2.05, 4.69) is 15.5 Å². The summed E-state index contributed by atoms with van der Waals surface area (Å²) in [5.41, 5.74) is -0.689. The van der Waals surface area contributed by atoms with E-state index in [1.165, 1.54) is 11.3 Å². The molecule has 2 aromatic heterocycles. The average molecular weight is 280 g/mol. The monoisotopic (exact) mass is 280 g/mol. The van der Waals surface area contributed by atoms with E-state index < -0.39 is 11.4 Å². The molecule has 1 N–H and O–H groups in total. The van der Waals surface area contributed by atoms with Crippen molar-refractivity contribution in [3.63, 3.8) is 0 Å². The molecule has 0 atom stereocenters. The second-order valence-electron chi connectivity index (χ2n) is 4.60. The minimum atomic E-state index is -0.780. The molecule has 1 aliphatic rings. The molecule has 1 fully saturated rings. The zero-order valence-electron chi connectivity index (χ0n) is 10.2. The van der Waals surface area contributed by atoms with Gasteiger partial charge in [0.1, 0.15) is 5.75 Å². The molecule has 0 saturated heterocycles. The summed E-state index contributed by atoms with van der Waals surface area (Å²) < 4.78 is 6.68. The van der Waals surface area contributed by atoms with Gasteiger partial charge in [0.2, 0.25) is 0 Å². The first-order valence-electron chi connectivity index (χ1n) is 5.77. The van der Waals surface area contributed by atoms with Crippen molar-refractivity contribution < 1.29 is 14.6 Å². The number of ether oxygens (including phenoxy) is 1. The Kier molecular flexibility index (Phi) is 2.74. The van der Waals surface area contributed by atoms with E-state index in [4.69, 9.17) is 4.74 Å². The topological polar surface area (TPSA) is 90.1 Å². The van der Waals surface area contributed by atoms with Gasteiger partial charge < -0.3 is 9.84 Å². The Labute approximate surface area is 112 Å². The molecule has 2 heterocycles. The molecular formula is C11H12N4O3S. The Morgan fingerprint density at radius 1 is 1.63 bits per heavy atom. The first kappa shape index (κ1) is 12.1. The molecule has 0 amide bonds. The standard InChI is InChI=1S/C11H12N4O3S/c1-18-7-4-8(19-5-7)9-12-13-14-15(9)6-11(2-3-11)10(16)17/h4-5H,2-3,6H2,1H3,(H,16,17). The van der Waals surface area contributed by atoms with Gasteiger partial charge in [0.15, 0.2) is 5.82 Å². The van der Waals surface area contributed by atoms with Crippen LogP contribution in [0.2, 0.25) is 0 Å². The number of nitrogens with zero attached hydrogens (tertiary/aromatic N) is 4. The molecule has 100 valence electrons. The van der Waals surface area contributed by atoms with Crippen molar-refractivity contribution in [3.8, 4) is 16.5 Å². The molecular weight excluding hydrogens is 268 g/mol. The molecule has 1 aliphatic carbocycles. The van der Waals surface area contributed by atoms with Crippen LogP contribution in [0.1, 0.15) is 12.8 Å². The van der Waals surface area contributed by atoms with Crippen molar-refractivity contribution in [1.29, 1.82) is 0 Å². The number of hydrogen-bond acceptors (Lipinski definition) is 6. The normalized spacial score (nSPS) is 16.3. The number of aromatic nitrogens is 4. The number of hydrogen-bond donors (Lipinski definition) is 1. The van der Waals surface area contributed by atoms with Crippen LogP contribution in [-0.4, -0.2) is 38.4 Å². The highest BCUT2D eigenvalue weighted by atomic mass is 32.1. The number of carboxylic acid groups (broad SMARTS) is 1. The summed E-state index contributed by atoms with van der Waals surface area (Å²) in [6.45, 7) is 0.310. The van der Waals surface area contributed by atoms with Crippen LogP contribution in [0.15, 0.2) is 11.4 Å². The van der Waals surface area contributed by atoms with Crippen molar-refractivity contribution in [2.24, 2.45) is 5.41 Å². The zero-order chi connectivity index (χ0) is 13.5. The summed E-state index contributed by atoms with van der Waals surface area (Å²) in [6, 6.07) is 1.84. The number of rotatable bonds is 5. The number of aliphatic carboxylic acids is 1. The molecule has 1 saturated carbocycles. The van der Waals surface area contributed by atoms with Crippen LogP contribution in [0.4, 0.5) is 0 Å². The molecule has 8 heteroatoms. The van der Waals surface area contributed by atoms with Crippen molar-refractivity contribution in [3.05, 3.63) is 11.4 Å². The summed E-state index contributed by atoms with van der Waals surface area (Å²) in [4.78, 5) is 12.1. The molecule has 0 aromatic carbocycles. The molecule has 0 aliphatic heterocycles. The van der Waals surface area contributed by atoms with Crippen LogP contribution in [0, 0.1) is 5.41 Å². The third-order valence-electron chi connectivity index (χ3n) is 3.32. The summed E-state index contributed by atoms with van der Waals surface area (Å²) in [6.07, 6.45) is 1.35. The molecule has 19 heavy (non-hydrogen) atoms. The van der Waals surface area contributed by atoms with Gasteiger partial charge in [0.05, 0.1) is 23.9 Å². The Bertz CT molecular complexity index is 617. The first-order valence-corrected chi connectivity index (χ1v) is 6.65. The first-order chi connectivity index (χ1) is 9.14. The smallest absolute Gasteiger partial charge is 0.311 e. The SMILES string of the molecule is COc1csc(-c2nnnn2CC2(C(=O)O)CC2)c1. The Hall–Kier alpha value is -1.96. The molecule has 2 aromatic rings. The predicted octanol–water partition coefficient (Wildman–Crippen LogP) is 1.27. The second-order valence-corrected chi connectivity index (χ2v) is 5.51. The summed E-state index contributed by atoms with van der Waals surface area (Å²) in [5, 5.41) is 22.6. The quantitative estimate of drug-likeness (QED) is 0.887. The number of carboxylic acids is 1. The second kappa shape index (κ2) is 4.30. The highest BCUT2D eigenvalue weighted by Gasteiger charge is 2.51. The molecule has 3 rings (SSSR count). The van der Waals surface area contributed by atoms with Gasteiger partial charge in [-0.3, -0.25) is 4.79 Å². The van der Waals surface area contributed by atoms with Crippen molar-refractivity contribution in [2.75, 3.05) is 7.11 Å². The van der Waals surface area contributed by atoms with Gasteiger partial charge in [-0.15, -0.1) is 16.4 Å². The van der Waals surface area contributed by atoms with Crippen LogP contribution in [0.5, 0.6) is 5.75 Å². The van der Waals surface area contributed by atoms with Crippen LogP contribution in [-0.2, 0) is 11.3 Å². The molecule has 0 unspecified atom stereocenters. The molecule has 7 nitrogen and oxygen atoms in total. The van der Waals surface area contributed by atoms with Gasteiger partial charge >= 0.3 is 5.97 Å². The maximum Gasteiger partial charge on any atom is 0.311 e. The van der Waals surface area contributed by atoms with E-state index in [1.54, 1.807) is 11.8 Å². The molecule has 0 bridgehead atoms. The van der Waals surface area contributed by atoms with Gasteiger partial charge in [-0.25, -0.2) is 4.68 Å². The van der Waals surface area contributed by atoms with Crippen LogP contribution in [0.25, 0.3) is 10.7 Å². The Morgan fingerprint density at radius 2 is 2.42 bits per heavy atom. The average Bonchev–Trinajstić information content (AvgIpc) is 2.84.